The number of hydrogen-bond acceptors (Lipinski definition) is 8. The monoisotopic (exact) mass is 373 g/mol. The van der Waals surface area contributed by atoms with Crippen LogP contribution in [0.15, 0.2) is 60.9 Å². The van der Waals surface area contributed by atoms with Gasteiger partial charge in [-0.05, 0) is 41.6 Å². The maximum absolute atomic E-state index is 4.58. The number of nitrogens with one attached hydrogen (secondary N) is 2. The van der Waals surface area contributed by atoms with E-state index in [0.717, 1.165) is 22.8 Å². The lowest BCUT2D eigenvalue weighted by Crippen LogP contribution is -2.17. The fourth-order valence-electron chi connectivity index (χ4n) is 2.69. The molecule has 0 saturated heterocycles. The molecule has 0 spiro atoms. The molecule has 9 heteroatoms. The van der Waals surface area contributed by atoms with Crippen molar-refractivity contribution in [2.24, 2.45) is 0 Å². The van der Waals surface area contributed by atoms with Crippen molar-refractivity contribution in [3.63, 3.8) is 0 Å². The fraction of sp³-hybridized carbons (Fsp3) is 0.158. The number of aryl methyl sites for hydroxylation is 1. The van der Waals surface area contributed by atoms with Gasteiger partial charge in [0, 0.05) is 42.8 Å². The highest BCUT2D eigenvalue weighted by atomic mass is 15.6. The highest BCUT2D eigenvalue weighted by Crippen LogP contribution is 2.16. The van der Waals surface area contributed by atoms with Crippen LogP contribution in [-0.4, -0.2) is 48.2 Å². The quantitative estimate of drug-likeness (QED) is 0.476. The second kappa shape index (κ2) is 8.21. The molecule has 0 unspecified atom stereocenters. The van der Waals surface area contributed by atoms with Gasteiger partial charge in [0.2, 0.25) is 5.95 Å². The molecule has 140 valence electrons. The van der Waals surface area contributed by atoms with E-state index in [1.807, 2.05) is 55.5 Å². The van der Waals surface area contributed by atoms with E-state index >= 15 is 0 Å². The van der Waals surface area contributed by atoms with E-state index < -0.39 is 0 Å². The molecule has 0 fully saturated rings. The van der Waals surface area contributed by atoms with E-state index in [1.165, 1.54) is 0 Å². The summed E-state index contributed by atoms with van der Waals surface area (Å²) < 4.78 is 1.66. The highest BCUT2D eigenvalue weighted by Gasteiger charge is 2.08. The number of aromatic nitrogens is 7. The first-order valence-corrected chi connectivity index (χ1v) is 8.87. The van der Waals surface area contributed by atoms with Gasteiger partial charge in [-0.3, -0.25) is 4.98 Å². The Morgan fingerprint density at radius 2 is 1.71 bits per heavy atom. The second-order valence-electron chi connectivity index (χ2n) is 6.06. The molecule has 3 heterocycles. The molecule has 1 aromatic carbocycles. The van der Waals surface area contributed by atoms with Crippen LogP contribution >= 0.6 is 0 Å². The Morgan fingerprint density at radius 3 is 2.54 bits per heavy atom. The van der Waals surface area contributed by atoms with Crippen LogP contribution in [-0.2, 0) is 0 Å². The number of tetrazole rings is 1. The van der Waals surface area contributed by atoms with Gasteiger partial charge >= 0.3 is 0 Å². The first-order valence-electron chi connectivity index (χ1n) is 8.87. The van der Waals surface area contributed by atoms with Crippen LogP contribution in [0.25, 0.3) is 17.1 Å². The van der Waals surface area contributed by atoms with Crippen LogP contribution in [0, 0.1) is 6.92 Å². The van der Waals surface area contributed by atoms with Gasteiger partial charge in [-0.15, -0.1) is 0 Å². The molecule has 0 amide bonds. The lowest BCUT2D eigenvalue weighted by atomic mass is 10.2. The van der Waals surface area contributed by atoms with E-state index in [9.17, 15) is 0 Å². The zero-order chi connectivity index (χ0) is 19.2. The van der Waals surface area contributed by atoms with Gasteiger partial charge in [0.05, 0.1) is 5.69 Å². The van der Waals surface area contributed by atoms with Crippen LogP contribution in [0.2, 0.25) is 0 Å². The number of rotatable bonds is 7. The highest BCUT2D eigenvalue weighted by molar-refractivity contribution is 5.56. The van der Waals surface area contributed by atoms with Crippen molar-refractivity contribution in [1.29, 1.82) is 0 Å². The van der Waals surface area contributed by atoms with Crippen molar-refractivity contribution in [2.45, 2.75) is 6.92 Å². The minimum absolute atomic E-state index is 0.587. The van der Waals surface area contributed by atoms with Crippen molar-refractivity contribution in [2.75, 3.05) is 23.7 Å². The van der Waals surface area contributed by atoms with Crippen molar-refractivity contribution in [3.05, 3.63) is 66.6 Å². The van der Waals surface area contributed by atoms with Gasteiger partial charge in [-0.1, -0.05) is 23.3 Å². The summed E-state index contributed by atoms with van der Waals surface area (Å²) in [6.07, 6.45) is 3.46. The molecule has 0 saturated carbocycles. The molecule has 9 nitrogen and oxygen atoms in total. The standard InChI is InChI=1S/C19H19N9/c1-14-13-17(24-18(23-14)15-7-9-20-10-8-15)21-11-12-22-19-25-26-27-28(19)16-5-3-2-4-6-16/h2-10,13H,11-12H2,1H3,(H,21,23,24)(H,22,25,27). The Labute approximate surface area is 161 Å². The van der Waals surface area contributed by atoms with Crippen LogP contribution in [0.5, 0.6) is 0 Å². The third-order valence-corrected chi connectivity index (χ3v) is 3.98. The van der Waals surface area contributed by atoms with E-state index in [2.05, 4.69) is 41.1 Å². The number of pyridine rings is 1. The molecule has 0 aliphatic rings. The largest absolute Gasteiger partial charge is 0.368 e. The molecule has 0 atom stereocenters. The minimum Gasteiger partial charge on any atom is -0.368 e. The topological polar surface area (TPSA) is 106 Å². The third kappa shape index (κ3) is 4.09. The maximum atomic E-state index is 4.58. The summed E-state index contributed by atoms with van der Waals surface area (Å²) in [5.41, 5.74) is 2.73. The smallest absolute Gasteiger partial charge is 0.247 e. The minimum atomic E-state index is 0.587. The average Bonchev–Trinajstić information content (AvgIpc) is 3.21. The third-order valence-electron chi connectivity index (χ3n) is 3.98. The number of benzene rings is 1. The molecule has 0 aliphatic heterocycles. The van der Waals surface area contributed by atoms with E-state index in [1.54, 1.807) is 17.1 Å². The Balaban J connectivity index is 1.38. The van der Waals surface area contributed by atoms with Crippen LogP contribution < -0.4 is 10.6 Å². The molecule has 28 heavy (non-hydrogen) atoms. The van der Waals surface area contributed by atoms with E-state index in [-0.39, 0.29) is 0 Å². The molecule has 4 rings (SSSR count). The molecular weight excluding hydrogens is 354 g/mol. The Morgan fingerprint density at radius 1 is 0.929 bits per heavy atom. The van der Waals surface area contributed by atoms with Gasteiger partial charge in [-0.25, -0.2) is 9.97 Å². The van der Waals surface area contributed by atoms with Crippen LogP contribution in [0.1, 0.15) is 5.69 Å². The molecule has 0 bridgehead atoms. The SMILES string of the molecule is Cc1cc(NCCNc2nnnn2-c2ccccc2)nc(-c2ccncc2)n1. The molecule has 3 aromatic heterocycles. The van der Waals surface area contributed by atoms with Crippen molar-refractivity contribution in [3.8, 4) is 17.1 Å². The van der Waals surface area contributed by atoms with Crippen LogP contribution in [0.4, 0.5) is 11.8 Å². The van der Waals surface area contributed by atoms with Crippen LogP contribution in [0.3, 0.4) is 0 Å². The summed E-state index contributed by atoms with van der Waals surface area (Å²) >= 11 is 0. The lowest BCUT2D eigenvalue weighted by Gasteiger charge is -2.10. The van der Waals surface area contributed by atoms with Crippen molar-refractivity contribution >= 4 is 11.8 Å². The Kier molecular flexibility index (Phi) is 5.14. The lowest BCUT2D eigenvalue weighted by molar-refractivity contribution is 0.789. The maximum Gasteiger partial charge on any atom is 0.247 e. The number of hydrogen-bond donors (Lipinski definition) is 2. The summed E-state index contributed by atoms with van der Waals surface area (Å²) in [6.45, 7) is 3.22. The fourth-order valence-corrected chi connectivity index (χ4v) is 2.69. The first-order chi connectivity index (χ1) is 13.8. The summed E-state index contributed by atoms with van der Waals surface area (Å²) in [7, 11) is 0. The zero-order valence-corrected chi connectivity index (χ0v) is 15.3. The predicted octanol–water partition coefficient (Wildman–Crippen LogP) is 2.35. The molecule has 2 N–H and O–H groups in total. The number of para-hydroxylation sites is 1. The molecule has 0 radical (unpaired) electrons. The summed E-state index contributed by atoms with van der Waals surface area (Å²) in [5, 5.41) is 18.4. The Bertz CT molecular complexity index is 1030. The first kappa shape index (κ1) is 17.5. The van der Waals surface area contributed by atoms with Gasteiger partial charge in [-0.2, -0.15) is 4.68 Å². The molecule has 0 aliphatic carbocycles. The van der Waals surface area contributed by atoms with Gasteiger partial charge < -0.3 is 10.6 Å². The van der Waals surface area contributed by atoms with E-state index in [4.69, 9.17) is 0 Å². The number of nitrogens with zero attached hydrogens (tertiary/aromatic N) is 7. The van der Waals surface area contributed by atoms with Crippen molar-refractivity contribution in [1.82, 2.24) is 35.2 Å². The predicted molar refractivity (Wildman–Crippen MR) is 106 cm³/mol. The number of anilines is 2. The van der Waals surface area contributed by atoms with E-state index in [0.29, 0.717) is 24.9 Å². The summed E-state index contributed by atoms with van der Waals surface area (Å²) in [5.74, 6) is 2.03. The van der Waals surface area contributed by atoms with Gasteiger partial charge in [0.1, 0.15) is 5.82 Å². The van der Waals surface area contributed by atoms with Gasteiger partial charge in [0.15, 0.2) is 5.82 Å². The molecular formula is C19H19N9. The summed E-state index contributed by atoms with van der Waals surface area (Å²) in [6, 6.07) is 15.4. The average molecular weight is 373 g/mol. The zero-order valence-electron chi connectivity index (χ0n) is 15.3. The molecule has 4 aromatic rings. The van der Waals surface area contributed by atoms with Crippen molar-refractivity contribution < 1.29 is 0 Å². The Hall–Kier alpha value is -3.88. The normalized spacial score (nSPS) is 10.6. The second-order valence-corrected chi connectivity index (χ2v) is 6.06. The van der Waals surface area contributed by atoms with Gasteiger partial charge in [0.25, 0.3) is 0 Å². The summed E-state index contributed by atoms with van der Waals surface area (Å²) in [4.78, 5) is 13.1.